The third kappa shape index (κ3) is 3.85. The summed E-state index contributed by atoms with van der Waals surface area (Å²) in [5.41, 5.74) is 1.75. The highest BCUT2D eigenvalue weighted by Crippen LogP contribution is 2.22. The van der Waals surface area contributed by atoms with Crippen LogP contribution in [0.4, 0.5) is 4.39 Å². The Morgan fingerprint density at radius 3 is 2.13 bits per heavy atom. The van der Waals surface area contributed by atoms with Crippen molar-refractivity contribution in [2.24, 2.45) is 0 Å². The van der Waals surface area contributed by atoms with Gasteiger partial charge in [-0.05, 0) is 47.4 Å². The summed E-state index contributed by atoms with van der Waals surface area (Å²) in [7, 11) is -3.96. The molecule has 0 fully saturated rings. The third-order valence-electron chi connectivity index (χ3n) is 3.42. The van der Waals surface area contributed by atoms with Crippen LogP contribution in [0.15, 0.2) is 58.3 Å². The van der Waals surface area contributed by atoms with Crippen molar-refractivity contribution in [2.45, 2.75) is 24.7 Å². The number of rotatable bonds is 4. The fraction of sp³-hybridized carbons (Fsp3) is 0.167. The summed E-state index contributed by atoms with van der Waals surface area (Å²) >= 11 is 0. The number of allylic oxidation sites excluding steroid dienone is 1. The van der Waals surface area contributed by atoms with E-state index in [1.54, 1.807) is 18.2 Å². The van der Waals surface area contributed by atoms with Crippen molar-refractivity contribution < 1.29 is 12.8 Å². The average molecular weight is 329 g/mol. The minimum Gasteiger partial charge on any atom is -0.218 e. The van der Waals surface area contributed by atoms with Crippen molar-refractivity contribution in [2.75, 3.05) is 0 Å². The van der Waals surface area contributed by atoms with Crippen molar-refractivity contribution in [1.82, 2.24) is 0 Å². The summed E-state index contributed by atoms with van der Waals surface area (Å²) in [6, 6.07) is 13.5. The van der Waals surface area contributed by atoms with Gasteiger partial charge < -0.3 is 0 Å². The molecule has 0 aliphatic rings. The number of nitrogens with zero attached hydrogens (tertiary/aromatic N) is 1. The molecule has 0 saturated heterocycles. The van der Waals surface area contributed by atoms with Crippen LogP contribution < -0.4 is 0 Å². The number of nitriles is 1. The molecule has 2 aromatic rings. The molecule has 0 N–H and O–H groups in total. The molecule has 0 heterocycles. The predicted molar refractivity (Wildman–Crippen MR) is 87.7 cm³/mol. The van der Waals surface area contributed by atoms with E-state index in [0.717, 1.165) is 29.8 Å². The smallest absolute Gasteiger partial charge is 0.216 e. The Morgan fingerprint density at radius 2 is 1.65 bits per heavy atom. The Hall–Kier alpha value is -2.45. The van der Waals surface area contributed by atoms with Gasteiger partial charge in [0.2, 0.25) is 9.84 Å². The van der Waals surface area contributed by atoms with Crippen molar-refractivity contribution in [3.8, 4) is 6.07 Å². The van der Waals surface area contributed by atoms with E-state index >= 15 is 0 Å². The van der Waals surface area contributed by atoms with Gasteiger partial charge >= 0.3 is 0 Å². The van der Waals surface area contributed by atoms with Crippen molar-refractivity contribution in [1.29, 1.82) is 5.26 Å². The molecule has 0 aliphatic carbocycles. The van der Waals surface area contributed by atoms with Gasteiger partial charge in [-0.25, -0.2) is 12.8 Å². The molecule has 23 heavy (non-hydrogen) atoms. The van der Waals surface area contributed by atoms with Crippen LogP contribution in [0.3, 0.4) is 0 Å². The Morgan fingerprint density at radius 1 is 1.09 bits per heavy atom. The number of halogens is 1. The largest absolute Gasteiger partial charge is 0.218 e. The molecule has 3 nitrogen and oxygen atoms in total. The molecule has 0 spiro atoms. The van der Waals surface area contributed by atoms with Crippen molar-refractivity contribution >= 4 is 15.9 Å². The third-order valence-corrected chi connectivity index (χ3v) is 5.11. The van der Waals surface area contributed by atoms with Gasteiger partial charge in [0.25, 0.3) is 0 Å². The second-order valence-electron chi connectivity index (χ2n) is 5.40. The molecular weight excluding hydrogens is 313 g/mol. The van der Waals surface area contributed by atoms with Crippen LogP contribution in [0.2, 0.25) is 0 Å². The molecule has 0 aromatic heterocycles. The fourth-order valence-corrected chi connectivity index (χ4v) is 3.20. The highest BCUT2D eigenvalue weighted by molar-refractivity contribution is 7.95. The number of hydrogen-bond donors (Lipinski definition) is 0. The van der Waals surface area contributed by atoms with E-state index in [1.807, 2.05) is 12.1 Å². The number of sulfone groups is 1. The van der Waals surface area contributed by atoms with Gasteiger partial charge in [-0.15, -0.1) is 0 Å². The van der Waals surface area contributed by atoms with E-state index in [2.05, 4.69) is 13.8 Å². The summed E-state index contributed by atoms with van der Waals surface area (Å²) < 4.78 is 37.8. The number of hydrogen-bond acceptors (Lipinski definition) is 3. The topological polar surface area (TPSA) is 57.9 Å². The lowest BCUT2D eigenvalue weighted by atomic mass is 10.0. The summed E-state index contributed by atoms with van der Waals surface area (Å²) in [6.07, 6.45) is 1.32. The molecule has 0 saturated carbocycles. The quantitative estimate of drug-likeness (QED) is 0.621. The van der Waals surface area contributed by atoms with Crippen LogP contribution in [-0.4, -0.2) is 8.42 Å². The summed E-state index contributed by atoms with van der Waals surface area (Å²) in [4.78, 5) is -0.480. The summed E-state index contributed by atoms with van der Waals surface area (Å²) in [5.74, 6) is -0.165. The normalized spacial score (nSPS) is 12.2. The first kappa shape index (κ1) is 16.9. The zero-order valence-corrected chi connectivity index (χ0v) is 13.6. The van der Waals surface area contributed by atoms with Crippen molar-refractivity contribution in [3.63, 3.8) is 0 Å². The first-order valence-electron chi connectivity index (χ1n) is 7.07. The molecule has 0 bridgehead atoms. The van der Waals surface area contributed by atoms with Crippen LogP contribution in [0.5, 0.6) is 0 Å². The lowest BCUT2D eigenvalue weighted by Crippen LogP contribution is -2.03. The van der Waals surface area contributed by atoms with Crippen LogP contribution >= 0.6 is 0 Å². The fourth-order valence-electron chi connectivity index (χ4n) is 2.04. The molecule has 0 aliphatic heterocycles. The van der Waals surface area contributed by atoms with Crippen LogP contribution in [0, 0.1) is 17.1 Å². The van der Waals surface area contributed by atoms with Gasteiger partial charge in [0, 0.05) is 0 Å². The molecule has 0 amide bonds. The molecule has 5 heteroatoms. The molecule has 0 atom stereocenters. The Labute approximate surface area is 135 Å². The zero-order chi connectivity index (χ0) is 17.0. The van der Waals surface area contributed by atoms with Crippen molar-refractivity contribution in [3.05, 3.63) is 70.4 Å². The Balaban J connectivity index is 2.42. The minimum absolute atomic E-state index is 0.106. The van der Waals surface area contributed by atoms with Crippen LogP contribution in [-0.2, 0) is 9.84 Å². The number of benzene rings is 2. The van der Waals surface area contributed by atoms with E-state index in [-0.39, 0.29) is 9.80 Å². The maximum atomic E-state index is 12.9. The lowest BCUT2D eigenvalue weighted by molar-refractivity contribution is 0.601. The van der Waals surface area contributed by atoms with Gasteiger partial charge in [-0.2, -0.15) is 5.26 Å². The highest BCUT2D eigenvalue weighted by Gasteiger charge is 2.20. The lowest BCUT2D eigenvalue weighted by Gasteiger charge is -2.06. The average Bonchev–Trinajstić information content (AvgIpc) is 2.53. The Kier molecular flexibility index (Phi) is 4.97. The second-order valence-corrected chi connectivity index (χ2v) is 7.32. The Bertz CT molecular complexity index is 859. The van der Waals surface area contributed by atoms with Gasteiger partial charge in [0.05, 0.1) is 4.90 Å². The van der Waals surface area contributed by atoms with Crippen LogP contribution in [0.25, 0.3) is 6.08 Å². The first-order valence-corrected chi connectivity index (χ1v) is 8.55. The highest BCUT2D eigenvalue weighted by atomic mass is 32.2. The maximum absolute atomic E-state index is 12.9. The first-order chi connectivity index (χ1) is 10.8. The molecule has 2 aromatic carbocycles. The molecular formula is C18H16FNO2S. The van der Waals surface area contributed by atoms with Gasteiger partial charge in [0.15, 0.2) is 0 Å². The van der Waals surface area contributed by atoms with E-state index in [1.165, 1.54) is 6.08 Å². The summed E-state index contributed by atoms with van der Waals surface area (Å²) in [6.45, 7) is 4.12. The maximum Gasteiger partial charge on any atom is 0.216 e. The SMILES string of the molecule is CC(C)c1ccc(/C=C(\C#N)S(=O)(=O)c2ccc(F)cc2)cc1. The predicted octanol–water partition coefficient (Wildman–Crippen LogP) is 4.29. The molecule has 0 unspecified atom stereocenters. The summed E-state index contributed by atoms with van der Waals surface area (Å²) in [5, 5.41) is 9.21. The molecule has 118 valence electrons. The molecule has 0 radical (unpaired) electrons. The monoisotopic (exact) mass is 329 g/mol. The van der Waals surface area contributed by atoms with Gasteiger partial charge in [0.1, 0.15) is 16.8 Å². The van der Waals surface area contributed by atoms with E-state index in [0.29, 0.717) is 11.5 Å². The van der Waals surface area contributed by atoms with Crippen LogP contribution in [0.1, 0.15) is 30.9 Å². The van der Waals surface area contributed by atoms with E-state index < -0.39 is 15.7 Å². The van der Waals surface area contributed by atoms with Gasteiger partial charge in [-0.1, -0.05) is 38.1 Å². The minimum atomic E-state index is -3.96. The van der Waals surface area contributed by atoms with Gasteiger partial charge in [-0.3, -0.25) is 0 Å². The standard InChI is InChI=1S/C18H16FNO2S/c1-13(2)15-5-3-14(4-6-15)11-18(12-20)23(21,22)17-9-7-16(19)8-10-17/h3-11,13H,1-2H3/b18-11+. The second kappa shape index (κ2) is 6.76. The molecule has 2 rings (SSSR count). The van der Waals surface area contributed by atoms with E-state index in [9.17, 15) is 18.1 Å². The van der Waals surface area contributed by atoms with E-state index in [4.69, 9.17) is 0 Å². The zero-order valence-electron chi connectivity index (χ0n) is 12.8.